The molecule has 0 aromatic heterocycles. The third-order valence-electron chi connectivity index (χ3n) is 4.18. The van der Waals surface area contributed by atoms with Crippen LogP contribution >= 0.6 is 0 Å². The lowest BCUT2D eigenvalue weighted by Gasteiger charge is -2.12. The van der Waals surface area contributed by atoms with Gasteiger partial charge in [-0.1, -0.05) is 36.8 Å². The molecule has 128 valence electrons. The van der Waals surface area contributed by atoms with Crippen molar-refractivity contribution >= 4 is 0 Å². The monoisotopic (exact) mass is 314 g/mol. The zero-order chi connectivity index (χ0) is 17.2. The first-order valence-corrected chi connectivity index (χ1v) is 8.90. The lowest BCUT2D eigenvalue weighted by molar-refractivity contribution is 0.309. The highest BCUT2D eigenvalue weighted by Crippen LogP contribution is 2.23. The van der Waals surface area contributed by atoms with Gasteiger partial charge in [-0.3, -0.25) is 0 Å². The first kappa shape index (κ1) is 19.5. The predicted molar refractivity (Wildman–Crippen MR) is 102 cm³/mol. The van der Waals surface area contributed by atoms with E-state index in [1.807, 2.05) is 0 Å². The van der Waals surface area contributed by atoms with Gasteiger partial charge in [0.15, 0.2) is 0 Å². The fourth-order valence-corrected chi connectivity index (χ4v) is 2.59. The molecule has 1 unspecified atom stereocenters. The zero-order valence-electron chi connectivity index (χ0n) is 15.9. The molecule has 0 amide bonds. The Labute approximate surface area is 143 Å². The normalized spacial score (nSPS) is 12.4. The molecule has 1 heteroatoms. The van der Waals surface area contributed by atoms with E-state index in [1.54, 1.807) is 0 Å². The number of allylic oxidation sites excluding steroid dienone is 4. The van der Waals surface area contributed by atoms with Crippen LogP contribution in [0.4, 0.5) is 0 Å². The molecule has 0 bridgehead atoms. The van der Waals surface area contributed by atoms with Gasteiger partial charge >= 0.3 is 0 Å². The van der Waals surface area contributed by atoms with Gasteiger partial charge in [-0.15, -0.1) is 0 Å². The molecule has 0 spiro atoms. The second-order valence-corrected chi connectivity index (χ2v) is 6.96. The number of aryl methyl sites for hydroxylation is 2. The van der Waals surface area contributed by atoms with Crippen molar-refractivity contribution in [2.24, 2.45) is 5.92 Å². The van der Waals surface area contributed by atoms with Crippen LogP contribution in [0, 0.1) is 26.7 Å². The summed E-state index contributed by atoms with van der Waals surface area (Å²) in [6.07, 6.45) is 11.6. The van der Waals surface area contributed by atoms with Crippen molar-refractivity contribution < 1.29 is 4.74 Å². The molecule has 1 atom stereocenters. The Morgan fingerprint density at radius 3 is 2.57 bits per heavy atom. The van der Waals surface area contributed by atoms with Gasteiger partial charge in [0.1, 0.15) is 5.75 Å². The molecule has 0 saturated heterocycles. The maximum absolute atomic E-state index is 5.96. The van der Waals surface area contributed by atoms with Crippen molar-refractivity contribution in [1.29, 1.82) is 0 Å². The third-order valence-corrected chi connectivity index (χ3v) is 4.18. The number of benzene rings is 1. The van der Waals surface area contributed by atoms with Gasteiger partial charge in [-0.25, -0.2) is 0 Å². The van der Waals surface area contributed by atoms with Crippen LogP contribution in [0.25, 0.3) is 0 Å². The highest BCUT2D eigenvalue weighted by Gasteiger charge is 2.03. The first-order chi connectivity index (χ1) is 10.9. The molecule has 0 aliphatic rings. The van der Waals surface area contributed by atoms with E-state index >= 15 is 0 Å². The van der Waals surface area contributed by atoms with Gasteiger partial charge < -0.3 is 4.74 Å². The molecule has 23 heavy (non-hydrogen) atoms. The summed E-state index contributed by atoms with van der Waals surface area (Å²) >= 11 is 0. The molecule has 0 radical (unpaired) electrons. The minimum Gasteiger partial charge on any atom is -0.493 e. The van der Waals surface area contributed by atoms with Crippen molar-refractivity contribution in [3.63, 3.8) is 0 Å². The smallest absolute Gasteiger partial charge is 0.122 e. The quantitative estimate of drug-likeness (QED) is 0.363. The van der Waals surface area contributed by atoms with Crippen LogP contribution in [0.5, 0.6) is 5.75 Å². The Morgan fingerprint density at radius 2 is 1.87 bits per heavy atom. The van der Waals surface area contributed by atoms with Crippen LogP contribution < -0.4 is 4.74 Å². The average Bonchev–Trinajstić information content (AvgIpc) is 2.47. The Kier molecular flexibility index (Phi) is 8.76. The van der Waals surface area contributed by atoms with Gasteiger partial charge in [0, 0.05) is 0 Å². The third kappa shape index (κ3) is 8.06. The molecule has 0 aliphatic heterocycles. The maximum atomic E-state index is 5.96. The van der Waals surface area contributed by atoms with Gasteiger partial charge in [0.25, 0.3) is 0 Å². The van der Waals surface area contributed by atoms with Crippen LogP contribution in [0.3, 0.4) is 0 Å². The largest absolute Gasteiger partial charge is 0.493 e. The van der Waals surface area contributed by atoms with Crippen LogP contribution in [0.1, 0.15) is 63.1 Å². The first-order valence-electron chi connectivity index (χ1n) is 8.90. The predicted octanol–water partition coefficient (Wildman–Crippen LogP) is 6.71. The van der Waals surface area contributed by atoms with Crippen molar-refractivity contribution in [3.05, 3.63) is 52.6 Å². The van der Waals surface area contributed by atoms with E-state index < -0.39 is 0 Å². The minimum absolute atomic E-state index is 0.660. The van der Waals surface area contributed by atoms with Gasteiger partial charge in [-0.2, -0.15) is 0 Å². The Hall–Kier alpha value is -1.50. The van der Waals surface area contributed by atoms with Crippen molar-refractivity contribution in [3.8, 4) is 5.75 Å². The number of rotatable bonds is 9. The lowest BCUT2D eigenvalue weighted by atomic mass is 10.0. The van der Waals surface area contributed by atoms with Crippen molar-refractivity contribution in [2.45, 2.75) is 67.2 Å². The summed E-state index contributed by atoms with van der Waals surface area (Å²) in [7, 11) is 0. The fraction of sp³-hybridized carbons (Fsp3) is 0.545. The summed E-state index contributed by atoms with van der Waals surface area (Å²) < 4.78 is 5.96. The van der Waals surface area contributed by atoms with E-state index in [1.165, 1.54) is 35.1 Å². The van der Waals surface area contributed by atoms with E-state index in [-0.39, 0.29) is 0 Å². The molecule has 0 aliphatic carbocycles. The van der Waals surface area contributed by atoms with E-state index in [9.17, 15) is 0 Å². The lowest BCUT2D eigenvalue weighted by Crippen LogP contribution is -2.00. The standard InChI is InChI=1S/C22H34O/c1-17(2)11-10-13-18(3)12-8-7-9-14-23-22-16-19(4)15-20(5)21(22)6/h8,11-12,15-16,18H,7,9-10,13-14H2,1-6H3. The van der Waals surface area contributed by atoms with Gasteiger partial charge in [-0.05, 0) is 89.0 Å². The molecular formula is C22H34O. The number of unbranched alkanes of at least 4 members (excludes halogenated alkanes) is 1. The molecule has 1 nitrogen and oxygen atoms in total. The summed E-state index contributed by atoms with van der Waals surface area (Å²) in [5, 5.41) is 0. The molecule has 0 fully saturated rings. The molecule has 1 aromatic rings. The number of hydrogen-bond acceptors (Lipinski definition) is 1. The molecule has 0 heterocycles. The summed E-state index contributed by atoms with van der Waals surface area (Å²) in [5.74, 6) is 1.70. The average molecular weight is 315 g/mol. The zero-order valence-corrected chi connectivity index (χ0v) is 15.9. The highest BCUT2D eigenvalue weighted by molar-refractivity contribution is 5.41. The van der Waals surface area contributed by atoms with E-state index in [0.29, 0.717) is 5.92 Å². The minimum atomic E-state index is 0.660. The second kappa shape index (κ2) is 10.3. The molecular weight excluding hydrogens is 280 g/mol. The van der Waals surface area contributed by atoms with Gasteiger partial charge in [0.2, 0.25) is 0 Å². The molecule has 0 N–H and O–H groups in total. The van der Waals surface area contributed by atoms with E-state index in [0.717, 1.165) is 25.2 Å². The molecule has 0 saturated carbocycles. The van der Waals surface area contributed by atoms with Crippen molar-refractivity contribution in [2.75, 3.05) is 6.61 Å². The Balaban J connectivity index is 2.25. The molecule has 1 aromatic carbocycles. The summed E-state index contributed by atoms with van der Waals surface area (Å²) in [6.45, 7) is 13.8. The highest BCUT2D eigenvalue weighted by atomic mass is 16.5. The Morgan fingerprint density at radius 1 is 1.13 bits per heavy atom. The summed E-state index contributed by atoms with van der Waals surface area (Å²) in [6, 6.07) is 4.35. The van der Waals surface area contributed by atoms with E-state index in [4.69, 9.17) is 4.74 Å². The number of hydrogen-bond donors (Lipinski definition) is 0. The number of ether oxygens (including phenoxy) is 1. The molecule has 1 rings (SSSR count). The Bertz CT molecular complexity index is 533. The van der Waals surface area contributed by atoms with Crippen LogP contribution in [-0.2, 0) is 0 Å². The van der Waals surface area contributed by atoms with Crippen LogP contribution in [0.15, 0.2) is 35.9 Å². The van der Waals surface area contributed by atoms with Crippen LogP contribution in [-0.4, -0.2) is 6.61 Å². The van der Waals surface area contributed by atoms with Gasteiger partial charge in [0.05, 0.1) is 6.61 Å². The van der Waals surface area contributed by atoms with Crippen molar-refractivity contribution in [1.82, 2.24) is 0 Å². The summed E-state index contributed by atoms with van der Waals surface area (Å²) in [5.41, 5.74) is 5.26. The van der Waals surface area contributed by atoms with Crippen LogP contribution in [0.2, 0.25) is 0 Å². The summed E-state index contributed by atoms with van der Waals surface area (Å²) in [4.78, 5) is 0. The SMILES string of the molecule is CC(C)=CCCC(C)C=CCCCOc1cc(C)cc(C)c1C. The second-order valence-electron chi connectivity index (χ2n) is 6.96. The van der Waals surface area contributed by atoms with E-state index in [2.05, 4.69) is 71.9 Å². The fourth-order valence-electron chi connectivity index (χ4n) is 2.59. The topological polar surface area (TPSA) is 9.23 Å². The maximum Gasteiger partial charge on any atom is 0.122 e.